The average molecular weight is 370 g/mol. The number of fused-ring (bicyclic) bond motifs is 1. The number of ketones is 1. The molecule has 0 bridgehead atoms. The first-order valence-corrected chi connectivity index (χ1v) is 9.81. The highest BCUT2D eigenvalue weighted by molar-refractivity contribution is 6.01. The number of hydroxylamine groups is 1. The first kappa shape index (κ1) is 18.2. The molecule has 1 atom stereocenters. The average Bonchev–Trinajstić information content (AvgIpc) is 3.21. The molecule has 2 fully saturated rings. The standard InChI is InChI=1S/C21H26N2O4/c24-18-13-21(10-3-11-23(14-21)16-4-1-2-5-16)27-19-8-6-15(12-17(18)19)7-9-20(25)22-26/h6-9,12,16,26H,1-5,10-11,13-14H2,(H,22,25). The van der Waals surface area contributed by atoms with Crippen molar-refractivity contribution in [2.24, 2.45) is 0 Å². The van der Waals surface area contributed by atoms with Gasteiger partial charge in [0.15, 0.2) is 5.78 Å². The van der Waals surface area contributed by atoms with Crippen molar-refractivity contribution in [2.45, 2.75) is 56.6 Å². The molecule has 2 heterocycles. The zero-order chi connectivity index (χ0) is 18.9. The third kappa shape index (κ3) is 3.77. The molecule has 27 heavy (non-hydrogen) atoms. The second-order valence-electron chi connectivity index (χ2n) is 7.96. The predicted octanol–water partition coefficient (Wildman–Crippen LogP) is 2.95. The van der Waals surface area contributed by atoms with Gasteiger partial charge in [-0.15, -0.1) is 0 Å². The second kappa shape index (κ2) is 7.44. The number of carbonyl (C=O) groups is 2. The van der Waals surface area contributed by atoms with Crippen LogP contribution >= 0.6 is 0 Å². The zero-order valence-electron chi connectivity index (χ0n) is 15.4. The van der Waals surface area contributed by atoms with Crippen molar-refractivity contribution in [1.29, 1.82) is 0 Å². The largest absolute Gasteiger partial charge is 0.485 e. The summed E-state index contributed by atoms with van der Waals surface area (Å²) >= 11 is 0. The van der Waals surface area contributed by atoms with Crippen LogP contribution in [0, 0.1) is 0 Å². The van der Waals surface area contributed by atoms with Gasteiger partial charge in [-0.1, -0.05) is 18.9 Å². The molecule has 1 aromatic rings. The lowest BCUT2D eigenvalue weighted by molar-refractivity contribution is -0.124. The number of rotatable bonds is 3. The van der Waals surface area contributed by atoms with Gasteiger partial charge >= 0.3 is 0 Å². The van der Waals surface area contributed by atoms with Gasteiger partial charge in [-0.25, -0.2) is 5.48 Å². The maximum Gasteiger partial charge on any atom is 0.267 e. The molecule has 0 aromatic heterocycles. The van der Waals surface area contributed by atoms with E-state index in [9.17, 15) is 9.59 Å². The summed E-state index contributed by atoms with van der Waals surface area (Å²) in [6.45, 7) is 1.94. The van der Waals surface area contributed by atoms with Crippen molar-refractivity contribution in [1.82, 2.24) is 10.4 Å². The minimum Gasteiger partial charge on any atom is -0.485 e. The molecule has 3 aliphatic rings. The molecule has 1 aromatic carbocycles. The second-order valence-corrected chi connectivity index (χ2v) is 7.96. The van der Waals surface area contributed by atoms with Crippen LogP contribution in [0.3, 0.4) is 0 Å². The van der Waals surface area contributed by atoms with E-state index in [-0.39, 0.29) is 5.78 Å². The fourth-order valence-electron chi connectivity index (χ4n) is 4.77. The minimum atomic E-state index is -0.608. The third-order valence-corrected chi connectivity index (χ3v) is 6.06. The van der Waals surface area contributed by atoms with Crippen molar-refractivity contribution in [3.05, 3.63) is 35.4 Å². The Morgan fingerprint density at radius 2 is 2.11 bits per heavy atom. The first-order chi connectivity index (χ1) is 13.1. The molecular formula is C21H26N2O4. The van der Waals surface area contributed by atoms with Crippen molar-refractivity contribution in [3.8, 4) is 5.75 Å². The van der Waals surface area contributed by atoms with Crippen LogP contribution in [0.4, 0.5) is 0 Å². The topological polar surface area (TPSA) is 78.9 Å². The Kier molecular flexibility index (Phi) is 5.02. The molecule has 0 radical (unpaired) electrons. The molecule has 1 spiro atoms. The Morgan fingerprint density at radius 1 is 1.30 bits per heavy atom. The van der Waals surface area contributed by atoms with Crippen LogP contribution in [0.1, 0.15) is 60.9 Å². The number of amides is 1. The Bertz CT molecular complexity index is 769. The zero-order valence-corrected chi connectivity index (χ0v) is 15.4. The SMILES string of the molecule is O=C(C=Cc1ccc2c(c1)C(=O)CC1(CCCN(C3CCCC3)C1)O2)NO. The number of hydrogen-bond acceptors (Lipinski definition) is 5. The molecule has 1 amide bonds. The highest BCUT2D eigenvalue weighted by Crippen LogP contribution is 2.40. The number of Topliss-reactive ketones (excluding diaryl/α,β-unsaturated/α-hetero) is 1. The Balaban J connectivity index is 1.53. The fraction of sp³-hybridized carbons (Fsp3) is 0.524. The summed E-state index contributed by atoms with van der Waals surface area (Å²) in [5.74, 6) is 0.137. The van der Waals surface area contributed by atoms with Gasteiger partial charge in [0.2, 0.25) is 0 Å². The molecule has 6 nitrogen and oxygen atoms in total. The van der Waals surface area contributed by atoms with Gasteiger partial charge in [0, 0.05) is 18.7 Å². The van der Waals surface area contributed by atoms with E-state index in [0.717, 1.165) is 31.5 Å². The number of carbonyl (C=O) groups excluding carboxylic acids is 2. The Hall–Kier alpha value is -2.18. The molecule has 6 heteroatoms. The van der Waals surface area contributed by atoms with E-state index in [2.05, 4.69) is 4.90 Å². The molecule has 2 N–H and O–H groups in total. The summed E-state index contributed by atoms with van der Waals surface area (Å²) in [7, 11) is 0. The minimum absolute atomic E-state index is 0.103. The summed E-state index contributed by atoms with van der Waals surface area (Å²) in [5, 5.41) is 8.56. The number of benzene rings is 1. The van der Waals surface area contributed by atoms with Gasteiger partial charge < -0.3 is 4.74 Å². The molecule has 1 saturated heterocycles. The van der Waals surface area contributed by atoms with Crippen molar-refractivity contribution in [2.75, 3.05) is 13.1 Å². The molecule has 1 unspecified atom stereocenters. The van der Waals surface area contributed by atoms with E-state index < -0.39 is 11.5 Å². The van der Waals surface area contributed by atoms with E-state index in [1.165, 1.54) is 31.8 Å². The van der Waals surface area contributed by atoms with Crippen LogP contribution in [0.15, 0.2) is 24.3 Å². The lowest BCUT2D eigenvalue weighted by atomic mass is 9.82. The molecule has 144 valence electrons. The summed E-state index contributed by atoms with van der Waals surface area (Å²) in [6.07, 6.45) is 10.3. The summed E-state index contributed by atoms with van der Waals surface area (Å²) in [4.78, 5) is 26.6. The number of likely N-dealkylation sites (tertiary alicyclic amines) is 1. The van der Waals surface area contributed by atoms with E-state index in [4.69, 9.17) is 9.94 Å². The molecular weight excluding hydrogens is 344 g/mol. The van der Waals surface area contributed by atoms with E-state index in [0.29, 0.717) is 23.8 Å². The monoisotopic (exact) mass is 370 g/mol. The Morgan fingerprint density at radius 3 is 2.89 bits per heavy atom. The lowest BCUT2D eigenvalue weighted by Gasteiger charge is -2.46. The maximum atomic E-state index is 12.9. The highest BCUT2D eigenvalue weighted by Gasteiger charge is 2.45. The molecule has 4 rings (SSSR count). The lowest BCUT2D eigenvalue weighted by Crippen LogP contribution is -2.56. The van der Waals surface area contributed by atoms with Gasteiger partial charge in [-0.05, 0) is 56.0 Å². The number of ether oxygens (including phenoxy) is 1. The number of nitrogens with one attached hydrogen (secondary N) is 1. The highest BCUT2D eigenvalue weighted by atomic mass is 16.5. The van der Waals surface area contributed by atoms with E-state index in [1.54, 1.807) is 17.6 Å². The molecule has 1 aliphatic carbocycles. The fourth-order valence-corrected chi connectivity index (χ4v) is 4.77. The number of hydrogen-bond donors (Lipinski definition) is 2. The smallest absolute Gasteiger partial charge is 0.267 e. The van der Waals surface area contributed by atoms with Crippen LogP contribution in [0.2, 0.25) is 0 Å². The predicted molar refractivity (Wildman–Crippen MR) is 101 cm³/mol. The van der Waals surface area contributed by atoms with Crippen LogP contribution in [-0.4, -0.2) is 46.5 Å². The van der Waals surface area contributed by atoms with Gasteiger partial charge in [0.25, 0.3) is 5.91 Å². The third-order valence-electron chi connectivity index (χ3n) is 6.06. The van der Waals surface area contributed by atoms with E-state index >= 15 is 0 Å². The van der Waals surface area contributed by atoms with Crippen LogP contribution < -0.4 is 10.2 Å². The van der Waals surface area contributed by atoms with Crippen LogP contribution in [0.25, 0.3) is 6.08 Å². The van der Waals surface area contributed by atoms with Crippen molar-refractivity contribution < 1.29 is 19.5 Å². The molecule has 1 saturated carbocycles. The maximum absolute atomic E-state index is 12.9. The first-order valence-electron chi connectivity index (χ1n) is 9.81. The normalized spacial score (nSPS) is 26.3. The van der Waals surface area contributed by atoms with E-state index in [1.807, 2.05) is 12.1 Å². The van der Waals surface area contributed by atoms with Gasteiger partial charge in [0.05, 0.1) is 12.0 Å². The number of piperidine rings is 1. The van der Waals surface area contributed by atoms with Gasteiger partial charge in [-0.2, -0.15) is 0 Å². The Labute approximate surface area is 159 Å². The number of nitrogens with zero attached hydrogens (tertiary/aromatic N) is 1. The van der Waals surface area contributed by atoms with Gasteiger partial charge in [0.1, 0.15) is 11.4 Å². The summed E-state index contributed by atoms with van der Waals surface area (Å²) in [6, 6.07) is 6.04. The van der Waals surface area contributed by atoms with Crippen molar-refractivity contribution >= 4 is 17.8 Å². The molecule has 2 aliphatic heterocycles. The van der Waals surface area contributed by atoms with Gasteiger partial charge in [-0.3, -0.25) is 19.7 Å². The summed E-state index contributed by atoms with van der Waals surface area (Å²) in [5.41, 5.74) is 2.44. The van der Waals surface area contributed by atoms with Crippen LogP contribution in [0.5, 0.6) is 5.75 Å². The quantitative estimate of drug-likeness (QED) is 0.486. The van der Waals surface area contributed by atoms with Crippen molar-refractivity contribution in [3.63, 3.8) is 0 Å². The van der Waals surface area contributed by atoms with Crippen LogP contribution in [-0.2, 0) is 4.79 Å². The summed E-state index contributed by atoms with van der Waals surface area (Å²) < 4.78 is 6.42.